The Labute approximate surface area is 359 Å². The summed E-state index contributed by atoms with van der Waals surface area (Å²) in [4.78, 5) is 10.5. The maximum atomic E-state index is 5.28. The molecule has 0 bridgehead atoms. The van der Waals surface area contributed by atoms with E-state index in [0.717, 1.165) is 56.0 Å². The number of benzene rings is 9. The maximum Gasteiger partial charge on any atom is 0.160 e. The number of fused-ring (bicyclic) bond motifs is 6. The number of aromatic nitrogens is 4. The van der Waals surface area contributed by atoms with Crippen LogP contribution in [0.15, 0.2) is 231 Å². The second-order valence-corrected chi connectivity index (χ2v) is 15.8. The van der Waals surface area contributed by atoms with Crippen LogP contribution >= 0.6 is 0 Å². The molecule has 62 heavy (non-hydrogen) atoms. The Morgan fingerprint density at radius 3 is 1.21 bits per heavy atom. The highest BCUT2D eigenvalue weighted by Crippen LogP contribution is 2.38. The van der Waals surface area contributed by atoms with Crippen LogP contribution in [0.4, 0.5) is 0 Å². The molecular weight excluding hydrogens is 753 g/mol. The molecular formula is C58H38N4. The summed E-state index contributed by atoms with van der Waals surface area (Å²) in [7, 11) is 0. The molecule has 0 unspecified atom stereocenters. The van der Waals surface area contributed by atoms with Crippen LogP contribution in [0.3, 0.4) is 0 Å². The number of nitrogens with zero attached hydrogens (tertiary/aromatic N) is 4. The van der Waals surface area contributed by atoms with Crippen LogP contribution in [-0.4, -0.2) is 19.1 Å². The second kappa shape index (κ2) is 14.7. The second-order valence-electron chi connectivity index (χ2n) is 15.8. The molecule has 3 heterocycles. The summed E-state index contributed by atoms with van der Waals surface area (Å²) in [5, 5.41) is 4.92. The van der Waals surface area contributed by atoms with E-state index in [1.54, 1.807) is 0 Å². The Morgan fingerprint density at radius 2 is 0.645 bits per heavy atom. The zero-order valence-corrected chi connectivity index (χ0v) is 33.7. The van der Waals surface area contributed by atoms with Crippen LogP contribution in [0, 0.1) is 0 Å². The lowest BCUT2D eigenvalue weighted by Crippen LogP contribution is -1.98. The van der Waals surface area contributed by atoms with Crippen molar-refractivity contribution in [3.63, 3.8) is 0 Å². The van der Waals surface area contributed by atoms with Gasteiger partial charge in [0.05, 0.1) is 33.5 Å². The minimum absolute atomic E-state index is 0.684. The average molecular weight is 791 g/mol. The van der Waals surface area contributed by atoms with E-state index in [4.69, 9.17) is 9.97 Å². The molecule has 0 aliphatic heterocycles. The number of para-hydroxylation sites is 3. The predicted molar refractivity (Wildman–Crippen MR) is 258 cm³/mol. The molecule has 9 aromatic carbocycles. The zero-order valence-electron chi connectivity index (χ0n) is 33.7. The molecule has 290 valence electrons. The third kappa shape index (κ3) is 6.08. The summed E-state index contributed by atoms with van der Waals surface area (Å²) in [5.41, 5.74) is 16.3. The van der Waals surface area contributed by atoms with Crippen molar-refractivity contribution >= 4 is 43.6 Å². The highest BCUT2D eigenvalue weighted by Gasteiger charge is 2.18. The van der Waals surface area contributed by atoms with Crippen LogP contribution in [0.1, 0.15) is 0 Å². The topological polar surface area (TPSA) is 35.6 Å². The lowest BCUT2D eigenvalue weighted by molar-refractivity contribution is 1.16. The molecule has 0 spiro atoms. The van der Waals surface area contributed by atoms with E-state index < -0.39 is 0 Å². The normalized spacial score (nSPS) is 11.5. The molecule has 0 saturated carbocycles. The van der Waals surface area contributed by atoms with Gasteiger partial charge in [-0.25, -0.2) is 9.97 Å². The molecule has 12 aromatic rings. The van der Waals surface area contributed by atoms with Crippen molar-refractivity contribution < 1.29 is 0 Å². The number of hydrogen-bond acceptors (Lipinski definition) is 2. The first-order valence-electron chi connectivity index (χ1n) is 21.1. The van der Waals surface area contributed by atoms with E-state index >= 15 is 0 Å². The van der Waals surface area contributed by atoms with Crippen molar-refractivity contribution in [3.8, 4) is 67.5 Å². The molecule has 0 atom stereocenters. The summed E-state index contributed by atoms with van der Waals surface area (Å²) >= 11 is 0. The molecule has 12 rings (SSSR count). The van der Waals surface area contributed by atoms with Gasteiger partial charge in [-0.3, -0.25) is 0 Å². The van der Waals surface area contributed by atoms with Crippen LogP contribution in [0.25, 0.3) is 111 Å². The molecule has 0 aliphatic carbocycles. The van der Waals surface area contributed by atoms with Crippen molar-refractivity contribution in [3.05, 3.63) is 231 Å². The fraction of sp³-hybridized carbons (Fsp3) is 0. The Hall–Kier alpha value is -8.34. The minimum Gasteiger partial charge on any atom is -0.309 e. The molecule has 4 nitrogen and oxygen atoms in total. The van der Waals surface area contributed by atoms with Gasteiger partial charge in [0.1, 0.15) is 0 Å². The fourth-order valence-electron chi connectivity index (χ4n) is 9.16. The highest BCUT2D eigenvalue weighted by molar-refractivity contribution is 6.12. The SMILES string of the molecule is c1ccc(-c2ccc(-c3cc(-c4cccc(-n5c6ccccc6c6cc(-n7c8ccccc8c8ccccc87)ccc65)c4)nc(-c4ccc(-c5ccccc5)cc4)n3)cc2)cc1. The van der Waals surface area contributed by atoms with E-state index in [1.807, 2.05) is 12.1 Å². The summed E-state index contributed by atoms with van der Waals surface area (Å²) in [5.74, 6) is 0.684. The van der Waals surface area contributed by atoms with Crippen molar-refractivity contribution in [2.75, 3.05) is 0 Å². The van der Waals surface area contributed by atoms with E-state index in [9.17, 15) is 0 Å². The first-order valence-corrected chi connectivity index (χ1v) is 21.1. The lowest BCUT2D eigenvalue weighted by Gasteiger charge is -2.13. The molecule has 0 saturated heterocycles. The van der Waals surface area contributed by atoms with Gasteiger partial charge in [0.15, 0.2) is 5.82 Å². The Morgan fingerprint density at radius 1 is 0.242 bits per heavy atom. The number of rotatable bonds is 7. The van der Waals surface area contributed by atoms with Gasteiger partial charge in [0, 0.05) is 49.6 Å². The quantitative estimate of drug-likeness (QED) is 0.161. The van der Waals surface area contributed by atoms with Crippen molar-refractivity contribution in [2.24, 2.45) is 0 Å². The average Bonchev–Trinajstić information content (AvgIpc) is 3.87. The molecule has 0 aliphatic rings. The van der Waals surface area contributed by atoms with Gasteiger partial charge in [-0.05, 0) is 76.9 Å². The van der Waals surface area contributed by atoms with Gasteiger partial charge in [0.2, 0.25) is 0 Å². The summed E-state index contributed by atoms with van der Waals surface area (Å²) < 4.78 is 4.78. The number of hydrogen-bond donors (Lipinski definition) is 0. The van der Waals surface area contributed by atoms with Crippen LogP contribution in [0.5, 0.6) is 0 Å². The molecule has 4 heteroatoms. The van der Waals surface area contributed by atoms with E-state index in [0.29, 0.717) is 5.82 Å². The summed E-state index contributed by atoms with van der Waals surface area (Å²) in [6, 6.07) is 82.1. The lowest BCUT2D eigenvalue weighted by atomic mass is 10.0. The molecule has 0 amide bonds. The van der Waals surface area contributed by atoms with Gasteiger partial charge < -0.3 is 9.13 Å². The maximum absolute atomic E-state index is 5.28. The van der Waals surface area contributed by atoms with Crippen LogP contribution in [-0.2, 0) is 0 Å². The zero-order chi connectivity index (χ0) is 41.0. The monoisotopic (exact) mass is 790 g/mol. The summed E-state index contributed by atoms with van der Waals surface area (Å²) in [6.07, 6.45) is 0. The molecule has 0 fully saturated rings. The summed E-state index contributed by atoms with van der Waals surface area (Å²) in [6.45, 7) is 0. The van der Waals surface area contributed by atoms with E-state index in [-0.39, 0.29) is 0 Å². The minimum atomic E-state index is 0.684. The van der Waals surface area contributed by atoms with Crippen molar-refractivity contribution in [1.82, 2.24) is 19.1 Å². The third-order valence-corrected chi connectivity index (χ3v) is 12.2. The van der Waals surface area contributed by atoms with Gasteiger partial charge in [-0.1, -0.05) is 176 Å². The van der Waals surface area contributed by atoms with Crippen LogP contribution in [0.2, 0.25) is 0 Å². The van der Waals surface area contributed by atoms with Gasteiger partial charge in [-0.15, -0.1) is 0 Å². The third-order valence-electron chi connectivity index (χ3n) is 12.2. The van der Waals surface area contributed by atoms with Gasteiger partial charge in [-0.2, -0.15) is 0 Å². The molecule has 0 N–H and O–H groups in total. The smallest absolute Gasteiger partial charge is 0.160 e. The Balaban J connectivity index is 0.991. The van der Waals surface area contributed by atoms with Crippen molar-refractivity contribution in [1.29, 1.82) is 0 Å². The van der Waals surface area contributed by atoms with Gasteiger partial charge in [0.25, 0.3) is 0 Å². The first-order chi connectivity index (χ1) is 30.7. The van der Waals surface area contributed by atoms with Crippen molar-refractivity contribution in [2.45, 2.75) is 0 Å². The van der Waals surface area contributed by atoms with Gasteiger partial charge >= 0.3 is 0 Å². The fourth-order valence-corrected chi connectivity index (χ4v) is 9.16. The largest absolute Gasteiger partial charge is 0.309 e. The first kappa shape index (κ1) is 35.6. The standard InChI is InChI=1S/C58H38N4/c1-3-14-39(15-4-1)41-26-30-43(31-27-41)52-38-53(60-58(59-52)44-32-28-42(29-33-44)40-16-5-2-6-17-40)45-18-13-19-46(36-45)61-56-25-12-9-22-50(56)51-37-47(34-35-57(51)61)62-54-23-10-7-20-48(54)49-21-8-11-24-55(49)62/h1-38H. The van der Waals surface area contributed by atoms with E-state index in [2.05, 4.69) is 228 Å². The Bertz CT molecular complexity index is 3450. The Kier molecular flexibility index (Phi) is 8.46. The molecule has 0 radical (unpaired) electrons. The van der Waals surface area contributed by atoms with Crippen LogP contribution < -0.4 is 0 Å². The predicted octanol–water partition coefficient (Wildman–Crippen LogP) is 15.0. The van der Waals surface area contributed by atoms with E-state index in [1.165, 1.54) is 49.3 Å². The molecule has 3 aromatic heterocycles. The highest BCUT2D eigenvalue weighted by atomic mass is 15.0.